The summed E-state index contributed by atoms with van der Waals surface area (Å²) in [6.45, 7) is 0. The van der Waals surface area contributed by atoms with E-state index >= 15 is 0 Å². The molecule has 19 heavy (non-hydrogen) atoms. The fourth-order valence-corrected chi connectivity index (χ4v) is 1.62. The first kappa shape index (κ1) is 12.7. The Bertz CT molecular complexity index is 620. The molecule has 0 amide bonds. The van der Waals surface area contributed by atoms with Gasteiger partial charge in [-0.05, 0) is 42.0 Å². The summed E-state index contributed by atoms with van der Waals surface area (Å²) < 4.78 is 12.8. The largest absolute Gasteiger partial charge is 0.504 e. The number of hydrogen-bond donors (Lipinski definition) is 3. The Morgan fingerprint density at radius 3 is 2.32 bits per heavy atom. The first-order valence-electron chi connectivity index (χ1n) is 5.54. The SMILES string of the molecule is N#CC(Nc1ccc(F)cc1)c1ccc(O)c(O)c1. The standard InChI is InChI=1S/C14H11FN2O2/c15-10-2-4-11(5-3-10)17-12(8-16)9-1-6-13(18)14(19)7-9/h1-7,12,17-19H. The maximum Gasteiger partial charge on any atom is 0.157 e. The van der Waals surface area contributed by atoms with Gasteiger partial charge in [0.1, 0.15) is 11.9 Å². The van der Waals surface area contributed by atoms with Gasteiger partial charge in [0.05, 0.1) is 6.07 Å². The van der Waals surface area contributed by atoms with E-state index in [-0.39, 0.29) is 17.3 Å². The van der Waals surface area contributed by atoms with Crippen molar-refractivity contribution in [3.63, 3.8) is 0 Å². The number of nitrogens with one attached hydrogen (secondary N) is 1. The van der Waals surface area contributed by atoms with E-state index in [0.717, 1.165) is 0 Å². The van der Waals surface area contributed by atoms with Crippen LogP contribution < -0.4 is 5.32 Å². The van der Waals surface area contributed by atoms with Gasteiger partial charge in [0.15, 0.2) is 11.5 Å². The Morgan fingerprint density at radius 2 is 1.74 bits per heavy atom. The molecule has 3 N–H and O–H groups in total. The maximum atomic E-state index is 12.8. The van der Waals surface area contributed by atoms with E-state index in [1.165, 1.54) is 42.5 Å². The van der Waals surface area contributed by atoms with E-state index in [0.29, 0.717) is 11.3 Å². The summed E-state index contributed by atoms with van der Waals surface area (Å²) in [6.07, 6.45) is 0. The van der Waals surface area contributed by atoms with Crippen molar-refractivity contribution in [2.24, 2.45) is 0 Å². The van der Waals surface area contributed by atoms with Crippen molar-refractivity contribution in [1.82, 2.24) is 0 Å². The number of phenolic OH excluding ortho intramolecular Hbond substituents is 2. The molecule has 1 unspecified atom stereocenters. The average Bonchev–Trinajstić information content (AvgIpc) is 2.41. The summed E-state index contributed by atoms with van der Waals surface area (Å²) in [6, 6.07) is 11.1. The molecular formula is C14H11FN2O2. The number of nitriles is 1. The third-order valence-electron chi connectivity index (χ3n) is 2.62. The number of phenols is 2. The zero-order valence-electron chi connectivity index (χ0n) is 9.84. The van der Waals surface area contributed by atoms with Gasteiger partial charge in [-0.2, -0.15) is 5.26 Å². The fraction of sp³-hybridized carbons (Fsp3) is 0.0714. The number of aromatic hydroxyl groups is 2. The van der Waals surface area contributed by atoms with Crippen molar-refractivity contribution in [2.75, 3.05) is 5.32 Å². The van der Waals surface area contributed by atoms with E-state index in [9.17, 15) is 14.6 Å². The Morgan fingerprint density at radius 1 is 1.05 bits per heavy atom. The minimum absolute atomic E-state index is 0.248. The molecule has 96 valence electrons. The van der Waals surface area contributed by atoms with Crippen LogP contribution in [0.25, 0.3) is 0 Å². The predicted molar refractivity (Wildman–Crippen MR) is 68.1 cm³/mol. The molecule has 4 nitrogen and oxygen atoms in total. The molecule has 0 fully saturated rings. The lowest BCUT2D eigenvalue weighted by Gasteiger charge is -2.13. The number of anilines is 1. The Kier molecular flexibility index (Phi) is 3.53. The number of benzene rings is 2. The molecule has 0 heterocycles. The lowest BCUT2D eigenvalue weighted by molar-refractivity contribution is 0.403. The van der Waals surface area contributed by atoms with Crippen molar-refractivity contribution in [2.45, 2.75) is 6.04 Å². The highest BCUT2D eigenvalue weighted by atomic mass is 19.1. The Hall–Kier alpha value is -2.74. The molecule has 0 aliphatic rings. The minimum atomic E-state index is -0.711. The highest BCUT2D eigenvalue weighted by Crippen LogP contribution is 2.29. The molecule has 2 aromatic rings. The van der Waals surface area contributed by atoms with Crippen LogP contribution in [0.1, 0.15) is 11.6 Å². The molecule has 0 bridgehead atoms. The van der Waals surface area contributed by atoms with E-state index in [4.69, 9.17) is 5.26 Å². The highest BCUT2D eigenvalue weighted by molar-refractivity contribution is 5.50. The van der Waals surface area contributed by atoms with Crippen LogP contribution in [0.2, 0.25) is 0 Å². The van der Waals surface area contributed by atoms with Crippen molar-refractivity contribution >= 4 is 5.69 Å². The van der Waals surface area contributed by atoms with Crippen LogP contribution >= 0.6 is 0 Å². The van der Waals surface area contributed by atoms with E-state index < -0.39 is 6.04 Å². The van der Waals surface area contributed by atoms with E-state index in [1.807, 2.05) is 6.07 Å². The summed E-state index contributed by atoms with van der Waals surface area (Å²) in [5.74, 6) is -0.901. The quantitative estimate of drug-likeness (QED) is 0.740. The molecule has 5 heteroatoms. The highest BCUT2D eigenvalue weighted by Gasteiger charge is 2.12. The van der Waals surface area contributed by atoms with Crippen molar-refractivity contribution in [1.29, 1.82) is 5.26 Å². The predicted octanol–water partition coefficient (Wildman–Crippen LogP) is 2.91. The second kappa shape index (κ2) is 5.27. The average molecular weight is 258 g/mol. The van der Waals surface area contributed by atoms with Crippen LogP contribution in [0.3, 0.4) is 0 Å². The van der Waals surface area contributed by atoms with Gasteiger partial charge in [-0.3, -0.25) is 0 Å². The Balaban J connectivity index is 2.23. The summed E-state index contributed by atoms with van der Waals surface area (Å²) in [4.78, 5) is 0. The number of hydrogen-bond acceptors (Lipinski definition) is 4. The second-order valence-corrected chi connectivity index (χ2v) is 3.96. The van der Waals surface area contributed by atoms with Gasteiger partial charge in [-0.25, -0.2) is 4.39 Å². The van der Waals surface area contributed by atoms with Gasteiger partial charge in [-0.15, -0.1) is 0 Å². The van der Waals surface area contributed by atoms with Crippen LogP contribution in [0.15, 0.2) is 42.5 Å². The van der Waals surface area contributed by atoms with Crippen LogP contribution in [-0.4, -0.2) is 10.2 Å². The first-order chi connectivity index (χ1) is 9.10. The van der Waals surface area contributed by atoms with Crippen molar-refractivity contribution in [3.8, 4) is 17.6 Å². The van der Waals surface area contributed by atoms with Crippen molar-refractivity contribution in [3.05, 3.63) is 53.8 Å². The van der Waals surface area contributed by atoms with Crippen molar-refractivity contribution < 1.29 is 14.6 Å². The molecule has 0 saturated heterocycles. The van der Waals surface area contributed by atoms with E-state index in [2.05, 4.69) is 5.32 Å². The van der Waals surface area contributed by atoms with Gasteiger partial charge >= 0.3 is 0 Å². The Labute approximate surface area is 109 Å². The van der Waals surface area contributed by atoms with Gasteiger partial charge < -0.3 is 15.5 Å². The molecule has 0 radical (unpaired) electrons. The molecule has 0 aromatic heterocycles. The lowest BCUT2D eigenvalue weighted by Crippen LogP contribution is -2.08. The third-order valence-corrected chi connectivity index (χ3v) is 2.62. The smallest absolute Gasteiger partial charge is 0.157 e. The number of halogens is 1. The fourth-order valence-electron chi connectivity index (χ4n) is 1.62. The molecule has 2 aromatic carbocycles. The van der Waals surface area contributed by atoms with E-state index in [1.54, 1.807) is 0 Å². The van der Waals surface area contributed by atoms with Gasteiger partial charge in [0.2, 0.25) is 0 Å². The zero-order valence-corrected chi connectivity index (χ0v) is 9.84. The molecular weight excluding hydrogens is 247 g/mol. The van der Waals surface area contributed by atoms with Crippen LogP contribution in [0, 0.1) is 17.1 Å². The summed E-state index contributed by atoms with van der Waals surface area (Å²) in [5.41, 5.74) is 1.09. The van der Waals surface area contributed by atoms with Gasteiger partial charge in [0, 0.05) is 5.69 Å². The van der Waals surface area contributed by atoms with Gasteiger partial charge in [0.25, 0.3) is 0 Å². The monoisotopic (exact) mass is 258 g/mol. The number of rotatable bonds is 3. The zero-order chi connectivity index (χ0) is 13.8. The third kappa shape index (κ3) is 2.93. The normalized spacial score (nSPS) is 11.6. The molecule has 0 aliphatic carbocycles. The molecule has 0 saturated carbocycles. The molecule has 0 spiro atoms. The molecule has 0 aliphatic heterocycles. The topological polar surface area (TPSA) is 76.3 Å². The number of nitrogens with zero attached hydrogens (tertiary/aromatic N) is 1. The summed E-state index contributed by atoms with van der Waals surface area (Å²) >= 11 is 0. The van der Waals surface area contributed by atoms with Gasteiger partial charge in [-0.1, -0.05) is 6.07 Å². The summed E-state index contributed by atoms with van der Waals surface area (Å²) in [5, 5.41) is 30.7. The second-order valence-electron chi connectivity index (χ2n) is 3.96. The summed E-state index contributed by atoms with van der Waals surface area (Å²) in [7, 11) is 0. The maximum absolute atomic E-state index is 12.8. The molecule has 2 rings (SSSR count). The minimum Gasteiger partial charge on any atom is -0.504 e. The van der Waals surface area contributed by atoms with Crippen LogP contribution in [0.4, 0.5) is 10.1 Å². The van der Waals surface area contributed by atoms with Crippen LogP contribution in [0.5, 0.6) is 11.5 Å². The first-order valence-corrected chi connectivity index (χ1v) is 5.54. The molecule has 1 atom stereocenters. The lowest BCUT2D eigenvalue weighted by atomic mass is 10.1. The van der Waals surface area contributed by atoms with Crippen LogP contribution in [-0.2, 0) is 0 Å².